The Morgan fingerprint density at radius 3 is 3.00 bits per heavy atom. The Morgan fingerprint density at radius 2 is 2.29 bits per heavy atom. The van der Waals surface area contributed by atoms with Gasteiger partial charge in [-0.1, -0.05) is 24.3 Å². The molecule has 0 atom stereocenters. The van der Waals surface area contributed by atoms with Crippen LogP contribution in [0.1, 0.15) is 29.3 Å². The first-order valence-electron chi connectivity index (χ1n) is 5.75. The molecule has 1 amide bonds. The molecule has 1 N–H and O–H groups in total. The van der Waals surface area contributed by atoms with Gasteiger partial charge in [0.2, 0.25) is 0 Å². The van der Waals surface area contributed by atoms with Crippen LogP contribution < -0.4 is 5.32 Å². The third-order valence-corrected chi connectivity index (χ3v) is 2.33. The van der Waals surface area contributed by atoms with Crippen LogP contribution in [-0.4, -0.2) is 19.6 Å². The van der Waals surface area contributed by atoms with Crippen LogP contribution in [0.15, 0.2) is 36.4 Å². The van der Waals surface area contributed by atoms with Crippen molar-refractivity contribution in [1.82, 2.24) is 5.32 Å². The van der Waals surface area contributed by atoms with E-state index in [1.807, 2.05) is 43.3 Å². The van der Waals surface area contributed by atoms with Gasteiger partial charge in [0.05, 0.1) is 6.61 Å². The van der Waals surface area contributed by atoms with E-state index in [1.165, 1.54) is 0 Å². The summed E-state index contributed by atoms with van der Waals surface area (Å²) in [5.74, 6) is -0.0348. The molecule has 0 aliphatic rings. The van der Waals surface area contributed by atoms with Crippen molar-refractivity contribution in [2.45, 2.75) is 20.0 Å². The van der Waals surface area contributed by atoms with Crippen LogP contribution in [0.5, 0.6) is 0 Å². The quantitative estimate of drug-likeness (QED) is 0.605. The molecule has 0 unspecified atom stereocenters. The van der Waals surface area contributed by atoms with E-state index < -0.39 is 0 Å². The second-order valence-corrected chi connectivity index (χ2v) is 3.75. The van der Waals surface area contributed by atoms with Crippen molar-refractivity contribution >= 4 is 5.91 Å². The molecule has 0 radical (unpaired) electrons. The van der Waals surface area contributed by atoms with Gasteiger partial charge >= 0.3 is 0 Å². The van der Waals surface area contributed by atoms with E-state index in [0.29, 0.717) is 18.7 Å². The molecule has 0 spiro atoms. The second kappa shape index (κ2) is 7.63. The maximum absolute atomic E-state index is 11.8. The zero-order valence-electron chi connectivity index (χ0n) is 10.4. The monoisotopic (exact) mass is 233 g/mol. The maximum Gasteiger partial charge on any atom is 0.251 e. The first-order chi connectivity index (χ1) is 8.27. The lowest BCUT2D eigenvalue weighted by Crippen LogP contribution is -2.24. The summed E-state index contributed by atoms with van der Waals surface area (Å²) in [4.78, 5) is 11.8. The zero-order valence-corrected chi connectivity index (χ0v) is 10.4. The van der Waals surface area contributed by atoms with E-state index >= 15 is 0 Å². The molecular weight excluding hydrogens is 214 g/mol. The summed E-state index contributed by atoms with van der Waals surface area (Å²) in [6, 6.07) is 7.48. The minimum absolute atomic E-state index is 0.0348. The average Bonchev–Trinajstić information content (AvgIpc) is 2.35. The summed E-state index contributed by atoms with van der Waals surface area (Å²) in [5, 5.41) is 2.87. The standard InChI is InChI=1S/C14H19NO2/c1-3-4-5-9-15-14(16)13-8-6-7-12(10-13)11-17-2/h3-4,6-8,10H,5,9,11H2,1-2H3,(H,15,16)/b4-3+. The number of benzene rings is 1. The Balaban J connectivity index is 2.53. The van der Waals surface area contributed by atoms with Gasteiger partial charge in [0.15, 0.2) is 0 Å². The molecule has 0 fully saturated rings. The van der Waals surface area contributed by atoms with Crippen LogP contribution in [0.4, 0.5) is 0 Å². The molecular formula is C14H19NO2. The average molecular weight is 233 g/mol. The van der Waals surface area contributed by atoms with Crippen molar-refractivity contribution in [2.75, 3.05) is 13.7 Å². The number of methoxy groups -OCH3 is 1. The first kappa shape index (κ1) is 13.5. The number of allylic oxidation sites excluding steroid dienone is 1. The van der Waals surface area contributed by atoms with Gasteiger partial charge in [-0.3, -0.25) is 4.79 Å². The summed E-state index contributed by atoms with van der Waals surface area (Å²) >= 11 is 0. The Bertz CT molecular complexity index is 386. The van der Waals surface area contributed by atoms with Crippen molar-refractivity contribution < 1.29 is 9.53 Å². The van der Waals surface area contributed by atoms with Crippen LogP contribution in [0.25, 0.3) is 0 Å². The van der Waals surface area contributed by atoms with Crippen LogP contribution in [0.3, 0.4) is 0 Å². The predicted octanol–water partition coefficient (Wildman–Crippen LogP) is 2.53. The number of carbonyl (C=O) groups is 1. The van der Waals surface area contributed by atoms with Gasteiger partial charge in [-0.2, -0.15) is 0 Å². The summed E-state index contributed by atoms with van der Waals surface area (Å²) in [6.45, 7) is 3.16. The summed E-state index contributed by atoms with van der Waals surface area (Å²) < 4.78 is 5.03. The molecule has 92 valence electrons. The van der Waals surface area contributed by atoms with E-state index in [4.69, 9.17) is 4.74 Å². The molecule has 0 aliphatic carbocycles. The number of hydrogen-bond acceptors (Lipinski definition) is 2. The lowest BCUT2D eigenvalue weighted by Gasteiger charge is -2.05. The molecule has 17 heavy (non-hydrogen) atoms. The zero-order chi connectivity index (χ0) is 12.5. The Kier molecular flexibility index (Phi) is 6.04. The summed E-state index contributed by atoms with van der Waals surface area (Å²) in [5.41, 5.74) is 1.69. The maximum atomic E-state index is 11.8. The second-order valence-electron chi connectivity index (χ2n) is 3.75. The number of hydrogen-bond donors (Lipinski definition) is 1. The summed E-state index contributed by atoms with van der Waals surface area (Å²) in [6.07, 6.45) is 4.87. The molecule has 0 bridgehead atoms. The van der Waals surface area contributed by atoms with E-state index in [9.17, 15) is 4.79 Å². The molecule has 0 saturated heterocycles. The number of rotatable bonds is 6. The Morgan fingerprint density at radius 1 is 1.47 bits per heavy atom. The van der Waals surface area contributed by atoms with Crippen molar-refractivity contribution in [2.24, 2.45) is 0 Å². The number of nitrogens with one attached hydrogen (secondary N) is 1. The minimum Gasteiger partial charge on any atom is -0.380 e. The van der Waals surface area contributed by atoms with Crippen LogP contribution >= 0.6 is 0 Å². The third-order valence-electron chi connectivity index (χ3n) is 2.33. The molecule has 0 aliphatic heterocycles. The molecule has 1 aromatic carbocycles. The number of carbonyl (C=O) groups excluding carboxylic acids is 1. The van der Waals surface area contributed by atoms with Gasteiger partial charge in [0, 0.05) is 19.2 Å². The topological polar surface area (TPSA) is 38.3 Å². The van der Waals surface area contributed by atoms with Gasteiger partial charge < -0.3 is 10.1 Å². The Hall–Kier alpha value is -1.61. The van der Waals surface area contributed by atoms with E-state index in [1.54, 1.807) is 7.11 Å². The number of amides is 1. The molecule has 1 rings (SSSR count). The minimum atomic E-state index is -0.0348. The third kappa shape index (κ3) is 4.83. The smallest absolute Gasteiger partial charge is 0.251 e. The van der Waals surface area contributed by atoms with Crippen molar-refractivity contribution in [3.63, 3.8) is 0 Å². The fourth-order valence-corrected chi connectivity index (χ4v) is 1.51. The molecule has 0 aromatic heterocycles. The van der Waals surface area contributed by atoms with Crippen molar-refractivity contribution in [1.29, 1.82) is 0 Å². The van der Waals surface area contributed by atoms with Gasteiger partial charge in [-0.05, 0) is 31.0 Å². The van der Waals surface area contributed by atoms with E-state index in [2.05, 4.69) is 5.32 Å². The lowest BCUT2D eigenvalue weighted by atomic mass is 10.1. The highest BCUT2D eigenvalue weighted by molar-refractivity contribution is 5.94. The predicted molar refractivity (Wildman–Crippen MR) is 68.9 cm³/mol. The summed E-state index contributed by atoms with van der Waals surface area (Å²) in [7, 11) is 1.64. The first-order valence-corrected chi connectivity index (χ1v) is 5.75. The molecule has 0 heterocycles. The highest BCUT2D eigenvalue weighted by Crippen LogP contribution is 2.06. The van der Waals surface area contributed by atoms with Crippen molar-refractivity contribution in [3.8, 4) is 0 Å². The largest absolute Gasteiger partial charge is 0.380 e. The molecule has 0 saturated carbocycles. The van der Waals surface area contributed by atoms with Crippen LogP contribution in [-0.2, 0) is 11.3 Å². The molecule has 1 aromatic rings. The Labute approximate surface area is 102 Å². The lowest BCUT2D eigenvalue weighted by molar-refractivity contribution is 0.0954. The van der Waals surface area contributed by atoms with Crippen molar-refractivity contribution in [3.05, 3.63) is 47.5 Å². The van der Waals surface area contributed by atoms with Crippen LogP contribution in [0.2, 0.25) is 0 Å². The SMILES string of the molecule is C/C=C/CCNC(=O)c1cccc(COC)c1. The van der Waals surface area contributed by atoms with E-state index in [0.717, 1.165) is 12.0 Å². The van der Waals surface area contributed by atoms with Crippen LogP contribution in [0, 0.1) is 0 Å². The van der Waals surface area contributed by atoms with Gasteiger partial charge in [0.25, 0.3) is 5.91 Å². The van der Waals surface area contributed by atoms with Gasteiger partial charge in [-0.25, -0.2) is 0 Å². The highest BCUT2D eigenvalue weighted by Gasteiger charge is 2.04. The normalized spacial score (nSPS) is 10.7. The molecule has 3 heteroatoms. The van der Waals surface area contributed by atoms with E-state index in [-0.39, 0.29) is 5.91 Å². The molecule has 3 nitrogen and oxygen atoms in total. The van der Waals surface area contributed by atoms with Gasteiger partial charge in [0.1, 0.15) is 0 Å². The highest BCUT2D eigenvalue weighted by atomic mass is 16.5. The fraction of sp³-hybridized carbons (Fsp3) is 0.357. The fourth-order valence-electron chi connectivity index (χ4n) is 1.51. The number of ether oxygens (including phenoxy) is 1. The van der Waals surface area contributed by atoms with Gasteiger partial charge in [-0.15, -0.1) is 0 Å².